The van der Waals surface area contributed by atoms with E-state index in [2.05, 4.69) is 10.3 Å². The van der Waals surface area contributed by atoms with E-state index in [1.165, 1.54) is 6.07 Å². The van der Waals surface area contributed by atoms with Gasteiger partial charge in [-0.25, -0.2) is 4.98 Å². The molecule has 1 fully saturated rings. The maximum absolute atomic E-state index is 12.6. The highest BCUT2D eigenvalue weighted by Gasteiger charge is 2.31. The molecule has 1 aromatic carbocycles. The summed E-state index contributed by atoms with van der Waals surface area (Å²) < 4.78 is 37.9. The Morgan fingerprint density at radius 1 is 1.18 bits per heavy atom. The van der Waals surface area contributed by atoms with Crippen molar-refractivity contribution in [3.63, 3.8) is 0 Å². The van der Waals surface area contributed by atoms with Gasteiger partial charge in [0.1, 0.15) is 5.82 Å². The molecule has 1 atom stereocenters. The first-order chi connectivity index (χ1) is 13.3. The smallest absolute Gasteiger partial charge is 0.356 e. The van der Waals surface area contributed by atoms with Crippen LogP contribution in [0, 0.1) is 0 Å². The summed E-state index contributed by atoms with van der Waals surface area (Å²) in [6, 6.07) is 12.5. The number of alkyl halides is 3. The number of nitrogens with one attached hydrogen (secondary N) is 1. The normalized spacial score (nSPS) is 16.6. The number of carbonyl (C=O) groups excluding carboxylic acids is 1. The zero-order valence-electron chi connectivity index (χ0n) is 15.7. The number of nitrogens with zero attached hydrogens (tertiary/aromatic N) is 2. The van der Waals surface area contributed by atoms with Crippen molar-refractivity contribution in [2.75, 3.05) is 18.0 Å². The van der Waals surface area contributed by atoms with Gasteiger partial charge < -0.3 is 10.2 Å². The molecule has 0 saturated carbocycles. The third-order valence-corrected chi connectivity index (χ3v) is 5.12. The van der Waals surface area contributed by atoms with E-state index in [9.17, 15) is 18.0 Å². The molecule has 2 aromatic rings. The molecule has 1 aliphatic rings. The number of pyridine rings is 1. The fraction of sp³-hybridized carbons (Fsp3) is 0.429. The Balaban J connectivity index is 1.47. The molecule has 4 nitrogen and oxygen atoms in total. The highest BCUT2D eigenvalue weighted by molar-refractivity contribution is 5.77. The van der Waals surface area contributed by atoms with Crippen LogP contribution in [0.4, 0.5) is 19.0 Å². The average Bonchev–Trinajstić information content (AvgIpc) is 2.68. The highest BCUT2D eigenvalue weighted by Crippen LogP contribution is 2.29. The number of hydrogen-bond acceptors (Lipinski definition) is 3. The summed E-state index contributed by atoms with van der Waals surface area (Å²) in [5, 5.41) is 3.09. The van der Waals surface area contributed by atoms with Crippen molar-refractivity contribution in [2.24, 2.45) is 0 Å². The van der Waals surface area contributed by atoms with Crippen LogP contribution in [0.15, 0.2) is 48.7 Å². The van der Waals surface area contributed by atoms with Gasteiger partial charge in [0.2, 0.25) is 5.91 Å². The van der Waals surface area contributed by atoms with Crippen LogP contribution in [0.1, 0.15) is 43.2 Å². The Hall–Kier alpha value is -2.57. The van der Waals surface area contributed by atoms with E-state index >= 15 is 0 Å². The number of benzene rings is 1. The number of halogens is 3. The Morgan fingerprint density at radius 3 is 2.43 bits per heavy atom. The SMILES string of the molecule is C[C@H](CC(=O)NC1CCN(c2ccc(C(F)(F)F)cn2)CC1)c1ccccc1. The molecule has 1 amide bonds. The minimum absolute atomic E-state index is 0.0301. The summed E-state index contributed by atoms with van der Waals surface area (Å²) in [5.74, 6) is 0.718. The maximum atomic E-state index is 12.6. The molecule has 0 spiro atoms. The quantitative estimate of drug-likeness (QED) is 0.823. The minimum Gasteiger partial charge on any atom is -0.356 e. The van der Waals surface area contributed by atoms with Gasteiger partial charge in [-0.15, -0.1) is 0 Å². The lowest BCUT2D eigenvalue weighted by Gasteiger charge is -2.33. The van der Waals surface area contributed by atoms with Gasteiger partial charge in [-0.3, -0.25) is 4.79 Å². The van der Waals surface area contributed by atoms with Gasteiger partial charge in [-0.2, -0.15) is 13.2 Å². The lowest BCUT2D eigenvalue weighted by molar-refractivity contribution is -0.137. The van der Waals surface area contributed by atoms with E-state index in [1.807, 2.05) is 42.2 Å². The molecule has 1 aliphatic heterocycles. The molecule has 0 unspecified atom stereocenters. The zero-order valence-corrected chi connectivity index (χ0v) is 15.7. The Morgan fingerprint density at radius 2 is 1.86 bits per heavy atom. The van der Waals surface area contributed by atoms with Crippen LogP contribution in [-0.2, 0) is 11.0 Å². The Bertz CT molecular complexity index is 770. The first-order valence-corrected chi connectivity index (χ1v) is 9.45. The van der Waals surface area contributed by atoms with Crippen LogP contribution in [-0.4, -0.2) is 30.0 Å². The number of piperidine rings is 1. The number of aromatic nitrogens is 1. The van der Waals surface area contributed by atoms with Crippen LogP contribution in [0.25, 0.3) is 0 Å². The maximum Gasteiger partial charge on any atom is 0.417 e. The lowest BCUT2D eigenvalue weighted by atomic mass is 9.97. The summed E-state index contributed by atoms with van der Waals surface area (Å²) in [4.78, 5) is 18.2. The molecule has 0 aliphatic carbocycles. The molecule has 1 saturated heterocycles. The van der Waals surface area contributed by atoms with Crippen LogP contribution < -0.4 is 10.2 Å². The summed E-state index contributed by atoms with van der Waals surface area (Å²) >= 11 is 0. The van der Waals surface area contributed by atoms with Gasteiger partial charge in [0.05, 0.1) is 5.56 Å². The number of rotatable bonds is 5. The molecule has 0 bridgehead atoms. The van der Waals surface area contributed by atoms with Gasteiger partial charge in [0.25, 0.3) is 0 Å². The van der Waals surface area contributed by atoms with E-state index in [0.29, 0.717) is 25.3 Å². The van der Waals surface area contributed by atoms with Crippen molar-refractivity contribution in [2.45, 2.75) is 44.3 Å². The van der Waals surface area contributed by atoms with E-state index in [-0.39, 0.29) is 17.9 Å². The van der Waals surface area contributed by atoms with Gasteiger partial charge >= 0.3 is 6.18 Å². The fourth-order valence-electron chi connectivity index (χ4n) is 3.46. The summed E-state index contributed by atoms with van der Waals surface area (Å²) in [7, 11) is 0. The predicted octanol–water partition coefficient (Wildman–Crippen LogP) is 4.38. The third-order valence-electron chi connectivity index (χ3n) is 5.12. The number of hydrogen-bond donors (Lipinski definition) is 1. The fourth-order valence-corrected chi connectivity index (χ4v) is 3.46. The number of anilines is 1. The van der Waals surface area contributed by atoms with Crippen molar-refractivity contribution in [1.82, 2.24) is 10.3 Å². The number of amides is 1. The predicted molar refractivity (Wildman–Crippen MR) is 102 cm³/mol. The molecule has 1 N–H and O–H groups in total. The standard InChI is InChI=1S/C21H24F3N3O/c1-15(16-5-3-2-4-6-16)13-20(28)26-18-9-11-27(12-10-18)19-8-7-17(14-25-19)21(22,23)24/h2-8,14-15,18H,9-13H2,1H3,(H,26,28)/t15-/m1/s1. The molecular weight excluding hydrogens is 367 g/mol. The molecule has 2 heterocycles. The Labute approximate surface area is 162 Å². The largest absolute Gasteiger partial charge is 0.417 e. The first-order valence-electron chi connectivity index (χ1n) is 9.45. The molecule has 28 heavy (non-hydrogen) atoms. The van der Waals surface area contributed by atoms with E-state index in [4.69, 9.17) is 0 Å². The molecule has 1 aromatic heterocycles. The van der Waals surface area contributed by atoms with E-state index in [1.54, 1.807) is 0 Å². The van der Waals surface area contributed by atoms with Crippen molar-refractivity contribution < 1.29 is 18.0 Å². The second kappa shape index (κ2) is 8.63. The Kier molecular flexibility index (Phi) is 6.21. The van der Waals surface area contributed by atoms with Gasteiger partial charge in [-0.1, -0.05) is 37.3 Å². The second-order valence-electron chi connectivity index (χ2n) is 7.25. The van der Waals surface area contributed by atoms with Crippen LogP contribution in [0.5, 0.6) is 0 Å². The summed E-state index contributed by atoms with van der Waals surface area (Å²) in [5.41, 5.74) is 0.395. The van der Waals surface area contributed by atoms with Crippen LogP contribution in [0.2, 0.25) is 0 Å². The lowest BCUT2D eigenvalue weighted by Crippen LogP contribution is -2.45. The van der Waals surface area contributed by atoms with E-state index in [0.717, 1.165) is 30.7 Å². The summed E-state index contributed by atoms with van der Waals surface area (Å²) in [6.45, 7) is 3.34. The topological polar surface area (TPSA) is 45.2 Å². The van der Waals surface area contributed by atoms with E-state index < -0.39 is 11.7 Å². The van der Waals surface area contributed by atoms with Gasteiger partial charge in [-0.05, 0) is 36.5 Å². The number of carbonyl (C=O) groups is 1. The molecule has 7 heteroatoms. The molecule has 150 valence electrons. The van der Waals surface area contributed by atoms with Crippen LogP contribution >= 0.6 is 0 Å². The monoisotopic (exact) mass is 391 g/mol. The average molecular weight is 391 g/mol. The molecular formula is C21H24F3N3O. The molecule has 0 radical (unpaired) electrons. The highest BCUT2D eigenvalue weighted by atomic mass is 19.4. The first kappa shape index (κ1) is 20.2. The van der Waals surface area contributed by atoms with Crippen molar-refractivity contribution in [3.8, 4) is 0 Å². The zero-order chi connectivity index (χ0) is 20.1. The third kappa shape index (κ3) is 5.24. The van der Waals surface area contributed by atoms with Crippen molar-refractivity contribution in [1.29, 1.82) is 0 Å². The minimum atomic E-state index is -4.38. The van der Waals surface area contributed by atoms with Gasteiger partial charge in [0, 0.05) is 31.7 Å². The molecule has 3 rings (SSSR count). The second-order valence-corrected chi connectivity index (χ2v) is 7.25. The van der Waals surface area contributed by atoms with Crippen molar-refractivity contribution >= 4 is 11.7 Å². The van der Waals surface area contributed by atoms with Gasteiger partial charge in [0.15, 0.2) is 0 Å². The van der Waals surface area contributed by atoms with Crippen molar-refractivity contribution in [3.05, 3.63) is 59.8 Å². The summed E-state index contributed by atoms with van der Waals surface area (Å²) in [6.07, 6.45) is -1.58. The van der Waals surface area contributed by atoms with Crippen LogP contribution in [0.3, 0.4) is 0 Å².